The van der Waals surface area contributed by atoms with Crippen molar-refractivity contribution in [3.8, 4) is 28.8 Å². The lowest BCUT2D eigenvalue weighted by Gasteiger charge is -2.31. The molecular weight excluding hydrogens is 382 g/mol. The number of nitrogens with zero attached hydrogens (tertiary/aromatic N) is 3. The summed E-state index contributed by atoms with van der Waals surface area (Å²) in [6.07, 6.45) is 1.40. The Labute approximate surface area is 176 Å². The van der Waals surface area contributed by atoms with Crippen LogP contribution in [0, 0.1) is 11.8 Å². The molecular formula is C22H27N5O3. The van der Waals surface area contributed by atoms with E-state index in [2.05, 4.69) is 16.9 Å². The molecule has 1 saturated heterocycles. The first-order chi connectivity index (χ1) is 14.3. The van der Waals surface area contributed by atoms with Gasteiger partial charge in [-0.15, -0.1) is 0 Å². The molecule has 0 spiro atoms. The molecule has 0 saturated carbocycles. The molecule has 30 heavy (non-hydrogen) atoms. The number of benzene rings is 1. The summed E-state index contributed by atoms with van der Waals surface area (Å²) >= 11 is 0. The summed E-state index contributed by atoms with van der Waals surface area (Å²) in [5.41, 5.74) is 13.3. The van der Waals surface area contributed by atoms with Crippen LogP contribution in [0.5, 0.6) is 5.75 Å². The summed E-state index contributed by atoms with van der Waals surface area (Å²) in [4.78, 5) is 25.8. The molecule has 8 heteroatoms. The number of rotatable bonds is 5. The molecule has 158 valence electrons. The summed E-state index contributed by atoms with van der Waals surface area (Å²) in [5, 5.41) is 4.64. The average molecular weight is 409 g/mol. The van der Waals surface area contributed by atoms with Crippen molar-refractivity contribution in [2.75, 3.05) is 18.8 Å². The van der Waals surface area contributed by atoms with Crippen molar-refractivity contribution in [2.45, 2.75) is 45.8 Å². The molecule has 1 aliphatic heterocycles. The number of anilines is 1. The highest BCUT2D eigenvalue weighted by molar-refractivity contribution is 6.03. The van der Waals surface area contributed by atoms with Crippen LogP contribution >= 0.6 is 0 Å². The fourth-order valence-electron chi connectivity index (χ4n) is 3.63. The van der Waals surface area contributed by atoms with Crippen LogP contribution in [0.1, 0.15) is 50.0 Å². The number of likely N-dealkylation sites (tertiary alicyclic amines) is 1. The van der Waals surface area contributed by atoms with Gasteiger partial charge in [0.15, 0.2) is 0 Å². The molecule has 2 heterocycles. The number of aromatic nitrogens is 2. The number of hydrogen-bond acceptors (Lipinski definition) is 5. The van der Waals surface area contributed by atoms with E-state index in [4.69, 9.17) is 16.2 Å². The summed E-state index contributed by atoms with van der Waals surface area (Å²) in [6.45, 7) is 6.66. The minimum Gasteiger partial charge on any atom is -0.491 e. The van der Waals surface area contributed by atoms with E-state index < -0.39 is 5.91 Å². The average Bonchev–Trinajstić information content (AvgIpc) is 3.06. The standard InChI is InChI=1S/C22H27N5O3/c1-4-5-18(28)26-12-10-16(11-13-26)27-21(23)19(22(24)29)20(25-27)15-6-8-17(9-7-15)30-14(2)3/h6-9,14,16H,10-13,23H2,1-3H3,(H2,24,29). The first-order valence-corrected chi connectivity index (χ1v) is 9.98. The molecule has 8 nitrogen and oxygen atoms in total. The number of nitrogen functional groups attached to an aromatic ring is 1. The number of nitrogens with two attached hydrogens (primary N) is 2. The van der Waals surface area contributed by atoms with Gasteiger partial charge in [-0.2, -0.15) is 5.10 Å². The van der Waals surface area contributed by atoms with Gasteiger partial charge < -0.3 is 21.1 Å². The largest absolute Gasteiger partial charge is 0.491 e. The number of amides is 2. The molecule has 0 atom stereocenters. The highest BCUT2D eigenvalue weighted by Crippen LogP contribution is 2.33. The highest BCUT2D eigenvalue weighted by atomic mass is 16.5. The third kappa shape index (κ3) is 4.40. The van der Waals surface area contributed by atoms with Crippen LogP contribution in [0.3, 0.4) is 0 Å². The second-order valence-electron chi connectivity index (χ2n) is 7.51. The van der Waals surface area contributed by atoms with E-state index in [9.17, 15) is 9.59 Å². The van der Waals surface area contributed by atoms with Crippen LogP contribution in [0.25, 0.3) is 11.3 Å². The van der Waals surface area contributed by atoms with Gasteiger partial charge in [-0.25, -0.2) is 4.68 Å². The number of primary amides is 1. The van der Waals surface area contributed by atoms with Gasteiger partial charge in [-0.05, 0) is 63.8 Å². The van der Waals surface area contributed by atoms with Crippen LogP contribution in [-0.2, 0) is 4.79 Å². The monoisotopic (exact) mass is 409 g/mol. The molecule has 0 bridgehead atoms. The zero-order valence-corrected chi connectivity index (χ0v) is 17.5. The Morgan fingerprint density at radius 3 is 2.37 bits per heavy atom. The second kappa shape index (κ2) is 8.91. The number of carbonyl (C=O) groups is 2. The van der Waals surface area contributed by atoms with Crippen molar-refractivity contribution >= 4 is 17.6 Å². The molecule has 0 unspecified atom stereocenters. The van der Waals surface area contributed by atoms with E-state index in [-0.39, 0.29) is 29.4 Å². The maximum atomic E-state index is 12.1. The summed E-state index contributed by atoms with van der Waals surface area (Å²) < 4.78 is 7.34. The van der Waals surface area contributed by atoms with Crippen molar-refractivity contribution in [2.24, 2.45) is 5.73 Å². The van der Waals surface area contributed by atoms with Gasteiger partial charge in [0.2, 0.25) is 0 Å². The fourth-order valence-corrected chi connectivity index (χ4v) is 3.63. The number of hydrogen-bond donors (Lipinski definition) is 2. The van der Waals surface area contributed by atoms with E-state index in [1.54, 1.807) is 16.5 Å². The molecule has 2 aromatic rings. The molecule has 1 aliphatic rings. The Hall–Kier alpha value is -3.47. The van der Waals surface area contributed by atoms with Gasteiger partial charge in [-0.1, -0.05) is 5.92 Å². The fraction of sp³-hybridized carbons (Fsp3) is 0.409. The van der Waals surface area contributed by atoms with Gasteiger partial charge in [-0.3, -0.25) is 9.59 Å². The van der Waals surface area contributed by atoms with Gasteiger partial charge in [0.1, 0.15) is 22.8 Å². The van der Waals surface area contributed by atoms with Gasteiger partial charge in [0.25, 0.3) is 11.8 Å². The molecule has 0 aliphatic carbocycles. The summed E-state index contributed by atoms with van der Waals surface area (Å²) in [7, 11) is 0. The number of carbonyl (C=O) groups excluding carboxylic acids is 2. The summed E-state index contributed by atoms with van der Waals surface area (Å²) in [6, 6.07) is 7.30. The third-order valence-corrected chi connectivity index (χ3v) is 5.02. The van der Waals surface area contributed by atoms with Crippen molar-refractivity contribution < 1.29 is 14.3 Å². The number of ether oxygens (including phenoxy) is 1. The minimum atomic E-state index is -0.623. The quantitative estimate of drug-likeness (QED) is 0.735. The minimum absolute atomic E-state index is 0.0287. The topological polar surface area (TPSA) is 116 Å². The molecule has 0 radical (unpaired) electrons. The second-order valence-corrected chi connectivity index (χ2v) is 7.51. The van der Waals surface area contributed by atoms with Gasteiger partial charge in [0.05, 0.1) is 12.1 Å². The Kier molecular flexibility index (Phi) is 6.31. The normalized spacial score (nSPS) is 14.3. The Morgan fingerprint density at radius 2 is 1.83 bits per heavy atom. The molecule has 3 rings (SSSR count). The van der Waals surface area contributed by atoms with Crippen LogP contribution in [-0.4, -0.2) is 45.7 Å². The van der Waals surface area contributed by atoms with Crippen LogP contribution in [0.15, 0.2) is 24.3 Å². The number of piperidine rings is 1. The van der Waals surface area contributed by atoms with Crippen molar-refractivity contribution in [3.05, 3.63) is 29.8 Å². The van der Waals surface area contributed by atoms with Crippen LogP contribution in [0.2, 0.25) is 0 Å². The Morgan fingerprint density at radius 1 is 1.20 bits per heavy atom. The lowest BCUT2D eigenvalue weighted by atomic mass is 10.0. The van der Waals surface area contributed by atoms with Crippen molar-refractivity contribution in [1.29, 1.82) is 0 Å². The zero-order chi connectivity index (χ0) is 21.8. The van der Waals surface area contributed by atoms with E-state index >= 15 is 0 Å². The predicted octanol–water partition coefficient (Wildman–Crippen LogP) is 2.21. The third-order valence-electron chi connectivity index (χ3n) is 5.02. The maximum absolute atomic E-state index is 12.1. The molecule has 2 amide bonds. The van der Waals surface area contributed by atoms with Crippen LogP contribution in [0.4, 0.5) is 5.82 Å². The Balaban J connectivity index is 1.87. The predicted molar refractivity (Wildman–Crippen MR) is 115 cm³/mol. The van der Waals surface area contributed by atoms with E-state index in [1.807, 2.05) is 38.1 Å². The molecule has 1 fully saturated rings. The lowest BCUT2D eigenvalue weighted by Crippen LogP contribution is -2.38. The smallest absolute Gasteiger partial charge is 0.298 e. The summed E-state index contributed by atoms with van der Waals surface area (Å²) in [5.74, 6) is 5.38. The van der Waals surface area contributed by atoms with Crippen LogP contribution < -0.4 is 16.2 Å². The lowest BCUT2D eigenvalue weighted by molar-refractivity contribution is -0.126. The zero-order valence-electron chi connectivity index (χ0n) is 17.5. The first kappa shape index (κ1) is 21.2. The first-order valence-electron chi connectivity index (χ1n) is 9.98. The molecule has 4 N–H and O–H groups in total. The van der Waals surface area contributed by atoms with Crippen molar-refractivity contribution in [3.63, 3.8) is 0 Å². The molecule has 1 aromatic carbocycles. The molecule has 1 aromatic heterocycles. The van der Waals surface area contributed by atoms with Gasteiger partial charge in [0, 0.05) is 18.7 Å². The highest BCUT2D eigenvalue weighted by Gasteiger charge is 2.29. The van der Waals surface area contributed by atoms with E-state index in [1.165, 1.54) is 0 Å². The maximum Gasteiger partial charge on any atom is 0.298 e. The van der Waals surface area contributed by atoms with E-state index in [0.29, 0.717) is 31.6 Å². The van der Waals surface area contributed by atoms with E-state index in [0.717, 1.165) is 11.3 Å². The van der Waals surface area contributed by atoms with Crippen molar-refractivity contribution in [1.82, 2.24) is 14.7 Å². The van der Waals surface area contributed by atoms with Gasteiger partial charge >= 0.3 is 0 Å². The Bertz CT molecular complexity index is 990. The SMILES string of the molecule is CC#CC(=O)N1CCC(n2nc(-c3ccc(OC(C)C)cc3)c(C(N)=O)c2N)CC1.